The number of ether oxygens (including phenoxy) is 1. The minimum absolute atomic E-state index is 0.0811. The summed E-state index contributed by atoms with van der Waals surface area (Å²) in [4.78, 5) is 0. The normalized spacial score (nSPS) is 15.2. The molecule has 110 valence electrons. The van der Waals surface area contributed by atoms with E-state index in [0.29, 0.717) is 0 Å². The maximum absolute atomic E-state index is 5.92. The van der Waals surface area contributed by atoms with Gasteiger partial charge in [0, 0.05) is 13.6 Å². The molecule has 0 spiro atoms. The summed E-state index contributed by atoms with van der Waals surface area (Å²) < 4.78 is 8.14. The van der Waals surface area contributed by atoms with Crippen LogP contribution in [0.4, 0.5) is 0 Å². The van der Waals surface area contributed by atoms with Gasteiger partial charge in [-0.15, -0.1) is 0 Å². The molecule has 3 N–H and O–H groups in total. The van der Waals surface area contributed by atoms with Crippen LogP contribution in [0, 0.1) is 3.57 Å². The van der Waals surface area contributed by atoms with E-state index in [2.05, 4.69) is 74.3 Å². The van der Waals surface area contributed by atoms with Crippen LogP contribution in [-0.4, -0.2) is 6.61 Å². The Morgan fingerprint density at radius 3 is 2.90 bits per heavy atom. The molecule has 0 radical (unpaired) electrons. The maximum Gasteiger partial charge on any atom is 0.127 e. The second kappa shape index (κ2) is 6.64. The van der Waals surface area contributed by atoms with Crippen LogP contribution in [0.1, 0.15) is 29.2 Å². The highest BCUT2D eigenvalue weighted by atomic mass is 127. The molecule has 1 unspecified atom stereocenters. The zero-order valence-electron chi connectivity index (χ0n) is 11.4. The molecular weight excluding hydrogens is 443 g/mol. The van der Waals surface area contributed by atoms with Crippen molar-refractivity contribution in [3.8, 4) is 5.75 Å². The first-order valence-electron chi connectivity index (χ1n) is 6.86. The van der Waals surface area contributed by atoms with Crippen molar-refractivity contribution in [1.29, 1.82) is 0 Å². The van der Waals surface area contributed by atoms with Crippen LogP contribution in [0.3, 0.4) is 0 Å². The van der Waals surface area contributed by atoms with Crippen molar-refractivity contribution in [3.05, 3.63) is 61.1 Å². The van der Waals surface area contributed by atoms with E-state index in [1.807, 2.05) is 6.07 Å². The Labute approximate surface area is 146 Å². The molecule has 1 atom stereocenters. The van der Waals surface area contributed by atoms with Gasteiger partial charge in [0.1, 0.15) is 5.75 Å². The van der Waals surface area contributed by atoms with Gasteiger partial charge in [-0.05, 0) is 64.8 Å². The Balaban J connectivity index is 2.10. The lowest BCUT2D eigenvalue weighted by Crippen LogP contribution is -2.30. The van der Waals surface area contributed by atoms with Crippen LogP contribution in [0.15, 0.2) is 40.9 Å². The monoisotopic (exact) mass is 458 g/mol. The number of benzene rings is 2. The number of rotatable bonds is 3. The standard InChI is InChI=1S/C16H16BrIN2O/c17-11-6-7-14(18)13(9-11)15(20-19)12-5-1-3-10-4-2-8-21-16(10)12/h1,3,5-7,9,15,20H,2,4,8,19H2. The zero-order chi connectivity index (χ0) is 14.8. The predicted molar refractivity (Wildman–Crippen MR) is 96.3 cm³/mol. The number of halogens is 2. The second-order valence-corrected chi connectivity index (χ2v) is 7.13. The molecule has 0 saturated carbocycles. The van der Waals surface area contributed by atoms with Gasteiger partial charge >= 0.3 is 0 Å². The Morgan fingerprint density at radius 2 is 2.10 bits per heavy atom. The third kappa shape index (κ3) is 3.11. The van der Waals surface area contributed by atoms with E-state index < -0.39 is 0 Å². The van der Waals surface area contributed by atoms with Gasteiger partial charge in [-0.3, -0.25) is 5.84 Å². The number of nitrogens with two attached hydrogens (primary N) is 1. The summed E-state index contributed by atoms with van der Waals surface area (Å²) in [5.74, 6) is 6.85. The largest absolute Gasteiger partial charge is 0.493 e. The van der Waals surface area contributed by atoms with E-state index >= 15 is 0 Å². The van der Waals surface area contributed by atoms with Gasteiger partial charge in [0.2, 0.25) is 0 Å². The van der Waals surface area contributed by atoms with Crippen LogP contribution < -0.4 is 16.0 Å². The third-order valence-corrected chi connectivity index (χ3v) is 5.19. The number of nitrogens with one attached hydrogen (secondary N) is 1. The van der Waals surface area contributed by atoms with Crippen LogP contribution in [0.25, 0.3) is 0 Å². The smallest absolute Gasteiger partial charge is 0.127 e. The molecule has 2 aromatic rings. The van der Waals surface area contributed by atoms with Crippen molar-refractivity contribution >= 4 is 38.5 Å². The summed E-state index contributed by atoms with van der Waals surface area (Å²) in [6.45, 7) is 0.775. The molecule has 5 heteroatoms. The zero-order valence-corrected chi connectivity index (χ0v) is 15.1. The van der Waals surface area contributed by atoms with Gasteiger partial charge in [0.05, 0.1) is 12.6 Å². The average molecular weight is 459 g/mol. The van der Waals surface area contributed by atoms with E-state index in [1.165, 1.54) is 9.13 Å². The van der Waals surface area contributed by atoms with Crippen molar-refractivity contribution in [3.63, 3.8) is 0 Å². The molecule has 21 heavy (non-hydrogen) atoms. The van der Waals surface area contributed by atoms with Crippen LogP contribution in [0.5, 0.6) is 5.75 Å². The summed E-state index contributed by atoms with van der Waals surface area (Å²) in [6.07, 6.45) is 2.14. The fraction of sp³-hybridized carbons (Fsp3) is 0.250. The minimum Gasteiger partial charge on any atom is -0.493 e. The molecule has 2 aromatic carbocycles. The van der Waals surface area contributed by atoms with Gasteiger partial charge in [-0.25, -0.2) is 5.43 Å². The lowest BCUT2D eigenvalue weighted by atomic mass is 9.94. The van der Waals surface area contributed by atoms with E-state index in [1.54, 1.807) is 0 Å². The van der Waals surface area contributed by atoms with Gasteiger partial charge < -0.3 is 4.74 Å². The van der Waals surface area contributed by atoms with Gasteiger partial charge in [0.25, 0.3) is 0 Å². The molecule has 0 amide bonds. The molecule has 3 rings (SSSR count). The lowest BCUT2D eigenvalue weighted by Gasteiger charge is -2.25. The molecule has 3 nitrogen and oxygen atoms in total. The fourth-order valence-electron chi connectivity index (χ4n) is 2.72. The Kier molecular flexibility index (Phi) is 4.83. The number of para-hydroxylation sites is 1. The summed E-state index contributed by atoms with van der Waals surface area (Å²) >= 11 is 5.88. The number of hydrazine groups is 1. The minimum atomic E-state index is -0.0811. The van der Waals surface area contributed by atoms with Crippen molar-refractivity contribution in [2.75, 3.05) is 6.61 Å². The molecule has 0 fully saturated rings. The van der Waals surface area contributed by atoms with Crippen LogP contribution >= 0.6 is 38.5 Å². The first-order valence-corrected chi connectivity index (χ1v) is 8.73. The molecule has 1 aliphatic rings. The second-order valence-electron chi connectivity index (χ2n) is 5.05. The average Bonchev–Trinajstić information content (AvgIpc) is 2.51. The van der Waals surface area contributed by atoms with Crippen molar-refractivity contribution < 1.29 is 4.74 Å². The molecule has 0 aliphatic carbocycles. The van der Waals surface area contributed by atoms with E-state index in [-0.39, 0.29) is 6.04 Å². The molecular formula is C16H16BrIN2O. The summed E-state index contributed by atoms with van der Waals surface area (Å²) in [5, 5.41) is 0. The van der Waals surface area contributed by atoms with E-state index in [9.17, 15) is 0 Å². The maximum atomic E-state index is 5.92. The number of hydrogen-bond acceptors (Lipinski definition) is 3. The predicted octanol–water partition coefficient (Wildman–Crippen LogP) is 3.93. The summed E-state index contributed by atoms with van der Waals surface area (Å²) in [6, 6.07) is 12.5. The fourth-order valence-corrected chi connectivity index (χ4v) is 3.75. The molecule has 0 bridgehead atoms. The molecule has 0 saturated heterocycles. The van der Waals surface area contributed by atoms with E-state index in [0.717, 1.165) is 40.8 Å². The number of fused-ring (bicyclic) bond motifs is 1. The Morgan fingerprint density at radius 1 is 1.24 bits per heavy atom. The summed E-state index contributed by atoms with van der Waals surface area (Å²) in [5.41, 5.74) is 6.47. The molecule has 1 heterocycles. The lowest BCUT2D eigenvalue weighted by molar-refractivity contribution is 0.283. The Hall–Kier alpha value is -0.630. The topological polar surface area (TPSA) is 47.3 Å². The van der Waals surface area contributed by atoms with Crippen LogP contribution in [0.2, 0.25) is 0 Å². The van der Waals surface area contributed by atoms with Gasteiger partial charge in [0.15, 0.2) is 0 Å². The van der Waals surface area contributed by atoms with Crippen molar-refractivity contribution in [2.24, 2.45) is 5.84 Å². The third-order valence-electron chi connectivity index (χ3n) is 3.71. The highest BCUT2D eigenvalue weighted by Crippen LogP contribution is 2.37. The summed E-state index contributed by atoms with van der Waals surface area (Å²) in [7, 11) is 0. The number of aryl methyl sites for hydroxylation is 1. The van der Waals surface area contributed by atoms with Crippen molar-refractivity contribution in [2.45, 2.75) is 18.9 Å². The van der Waals surface area contributed by atoms with Gasteiger partial charge in [-0.1, -0.05) is 34.1 Å². The van der Waals surface area contributed by atoms with Gasteiger partial charge in [-0.2, -0.15) is 0 Å². The first-order chi connectivity index (χ1) is 10.2. The quantitative estimate of drug-likeness (QED) is 0.416. The van der Waals surface area contributed by atoms with E-state index in [4.69, 9.17) is 10.6 Å². The highest BCUT2D eigenvalue weighted by molar-refractivity contribution is 14.1. The highest BCUT2D eigenvalue weighted by Gasteiger charge is 2.23. The molecule has 0 aromatic heterocycles. The molecule has 1 aliphatic heterocycles. The SMILES string of the molecule is NNC(c1cc(Br)ccc1I)c1cccc2c1OCCC2. The van der Waals surface area contributed by atoms with Crippen LogP contribution in [-0.2, 0) is 6.42 Å². The number of hydrogen-bond donors (Lipinski definition) is 2. The first kappa shape index (κ1) is 15.3. The Bertz CT molecular complexity index is 663. The van der Waals surface area contributed by atoms with Crippen molar-refractivity contribution in [1.82, 2.24) is 5.43 Å².